The molecule has 0 atom stereocenters. The molecule has 1 aromatic heterocycles. The van der Waals surface area contributed by atoms with Crippen molar-refractivity contribution in [2.45, 2.75) is 6.67 Å². The monoisotopic (exact) mass is 243 g/mol. The van der Waals surface area contributed by atoms with Crippen molar-refractivity contribution in [3.8, 4) is 0 Å². The summed E-state index contributed by atoms with van der Waals surface area (Å²) in [7, 11) is 1.30. The molecule has 0 aromatic carbocycles. The number of fused-ring (bicyclic) bond motifs is 1. The molecular formula is C8H10ClN5O2. The molecule has 0 spiro atoms. The predicted molar refractivity (Wildman–Crippen MR) is 55.5 cm³/mol. The lowest BCUT2D eigenvalue weighted by Crippen LogP contribution is -2.24. The van der Waals surface area contributed by atoms with E-state index in [9.17, 15) is 4.79 Å². The van der Waals surface area contributed by atoms with Gasteiger partial charge in [0.2, 0.25) is 0 Å². The summed E-state index contributed by atoms with van der Waals surface area (Å²) in [6.07, 6.45) is 1.53. The summed E-state index contributed by atoms with van der Waals surface area (Å²) in [5.41, 5.74) is 0.178. The minimum Gasteiger partial charge on any atom is -0.464 e. The van der Waals surface area contributed by atoms with Crippen molar-refractivity contribution in [1.82, 2.24) is 14.6 Å². The molecule has 0 saturated heterocycles. The van der Waals surface area contributed by atoms with Crippen LogP contribution in [0.2, 0.25) is 0 Å². The lowest BCUT2D eigenvalue weighted by molar-refractivity contribution is 0.0595. The van der Waals surface area contributed by atoms with Crippen molar-refractivity contribution in [2.75, 3.05) is 19.5 Å². The molecule has 0 aliphatic carbocycles. The largest absolute Gasteiger partial charge is 0.464 e. The molecule has 86 valence electrons. The average molecular weight is 244 g/mol. The van der Waals surface area contributed by atoms with E-state index >= 15 is 0 Å². The number of hydrogen-bond donors (Lipinski definition) is 0. The summed E-state index contributed by atoms with van der Waals surface area (Å²) in [5.74, 6) is 0.364. The van der Waals surface area contributed by atoms with Crippen LogP contribution in [-0.4, -0.2) is 40.1 Å². The van der Waals surface area contributed by atoms with Crippen LogP contribution in [0.4, 0.5) is 5.82 Å². The number of methoxy groups -OCH3 is 1. The minimum atomic E-state index is -0.515. The zero-order valence-corrected chi connectivity index (χ0v) is 9.39. The van der Waals surface area contributed by atoms with Crippen LogP contribution >= 0.6 is 11.6 Å². The summed E-state index contributed by atoms with van der Waals surface area (Å²) in [6, 6.07) is 0. The molecule has 0 N–H and O–H groups in total. The van der Waals surface area contributed by atoms with Gasteiger partial charge in [-0.3, -0.25) is 9.58 Å². The molecule has 1 aromatic rings. The van der Waals surface area contributed by atoms with Crippen LogP contribution in [0.3, 0.4) is 0 Å². The van der Waals surface area contributed by atoms with Gasteiger partial charge in [0.15, 0.2) is 11.5 Å². The van der Waals surface area contributed by atoms with Gasteiger partial charge in [-0.2, -0.15) is 0 Å². The van der Waals surface area contributed by atoms with Gasteiger partial charge in [-0.15, -0.1) is 16.7 Å². The predicted octanol–water partition coefficient (Wildman–Crippen LogP) is 1.18. The number of carbonyl (C=O) groups excluding carboxylic acids is 1. The maximum absolute atomic E-state index is 11.3. The van der Waals surface area contributed by atoms with Crippen molar-refractivity contribution in [1.29, 1.82) is 0 Å². The Bertz CT molecular complexity index is 430. The van der Waals surface area contributed by atoms with E-state index in [0.717, 1.165) is 0 Å². The smallest absolute Gasteiger partial charge is 0.360 e. The molecule has 16 heavy (non-hydrogen) atoms. The van der Waals surface area contributed by atoms with Gasteiger partial charge in [-0.05, 0) is 0 Å². The summed E-state index contributed by atoms with van der Waals surface area (Å²) in [4.78, 5) is 15.3. The molecular weight excluding hydrogens is 234 g/mol. The molecule has 0 bridgehead atoms. The Morgan fingerprint density at radius 3 is 3.19 bits per heavy atom. The van der Waals surface area contributed by atoms with E-state index in [1.165, 1.54) is 13.4 Å². The number of halogens is 1. The van der Waals surface area contributed by atoms with Gasteiger partial charge in [0, 0.05) is 5.88 Å². The first-order valence-electron chi connectivity index (χ1n) is 4.62. The van der Waals surface area contributed by atoms with Crippen molar-refractivity contribution in [3.63, 3.8) is 0 Å². The van der Waals surface area contributed by atoms with Gasteiger partial charge < -0.3 is 4.74 Å². The number of ether oxygens (including phenoxy) is 1. The van der Waals surface area contributed by atoms with Crippen molar-refractivity contribution < 1.29 is 9.53 Å². The number of alkyl halides is 1. The average Bonchev–Trinajstić information content (AvgIpc) is 2.71. The highest BCUT2D eigenvalue weighted by Gasteiger charge is 2.22. The Labute approximate surface area is 96.6 Å². The number of carbonyl (C=O) groups is 1. The van der Waals surface area contributed by atoms with Crippen LogP contribution in [0, 0.1) is 0 Å². The summed E-state index contributed by atoms with van der Waals surface area (Å²) < 4.78 is 6.30. The van der Waals surface area contributed by atoms with Crippen LogP contribution in [0.25, 0.3) is 0 Å². The van der Waals surface area contributed by atoms with Crippen molar-refractivity contribution in [2.24, 2.45) is 10.3 Å². The van der Waals surface area contributed by atoms with E-state index in [4.69, 9.17) is 11.6 Å². The van der Waals surface area contributed by atoms with E-state index in [2.05, 4.69) is 20.1 Å². The number of imidazole rings is 1. The van der Waals surface area contributed by atoms with E-state index in [-0.39, 0.29) is 5.69 Å². The number of aromatic nitrogens is 2. The summed E-state index contributed by atoms with van der Waals surface area (Å²) >= 11 is 5.60. The lowest BCUT2D eigenvalue weighted by atomic mass is 10.4. The lowest BCUT2D eigenvalue weighted by Gasteiger charge is -2.20. The quantitative estimate of drug-likeness (QED) is 0.590. The van der Waals surface area contributed by atoms with Gasteiger partial charge in [0.1, 0.15) is 6.67 Å². The van der Waals surface area contributed by atoms with Crippen molar-refractivity contribution >= 4 is 23.4 Å². The van der Waals surface area contributed by atoms with E-state index in [1.807, 2.05) is 0 Å². The molecule has 0 fully saturated rings. The summed E-state index contributed by atoms with van der Waals surface area (Å²) in [5, 5.41) is 9.51. The number of hydrogen-bond acceptors (Lipinski definition) is 6. The summed E-state index contributed by atoms with van der Waals surface area (Å²) in [6.45, 7) is 1.08. The van der Waals surface area contributed by atoms with Crippen LogP contribution in [0.5, 0.6) is 0 Å². The molecule has 8 heteroatoms. The molecule has 0 amide bonds. The van der Waals surface area contributed by atoms with Gasteiger partial charge in [0.25, 0.3) is 0 Å². The highest BCUT2D eigenvalue weighted by Crippen LogP contribution is 2.23. The zero-order valence-electron chi connectivity index (χ0n) is 8.63. The second-order valence-corrected chi connectivity index (χ2v) is 3.51. The second kappa shape index (κ2) is 4.48. The number of esters is 1. The highest BCUT2D eigenvalue weighted by atomic mass is 35.5. The Morgan fingerprint density at radius 2 is 2.50 bits per heavy atom. The van der Waals surface area contributed by atoms with Gasteiger partial charge >= 0.3 is 5.97 Å². The third kappa shape index (κ3) is 1.85. The zero-order chi connectivity index (χ0) is 11.5. The highest BCUT2D eigenvalue weighted by molar-refractivity contribution is 6.18. The minimum absolute atomic E-state index is 0.178. The van der Waals surface area contributed by atoms with Crippen LogP contribution < -0.4 is 0 Å². The first-order valence-corrected chi connectivity index (χ1v) is 5.15. The third-order valence-electron chi connectivity index (χ3n) is 2.11. The Balaban J connectivity index is 2.24. The Morgan fingerprint density at radius 1 is 1.69 bits per heavy atom. The van der Waals surface area contributed by atoms with Crippen LogP contribution in [-0.2, 0) is 11.4 Å². The molecule has 2 heterocycles. The Hall–Kier alpha value is -1.63. The van der Waals surface area contributed by atoms with Crippen LogP contribution in [0.1, 0.15) is 10.5 Å². The fourth-order valence-electron chi connectivity index (χ4n) is 1.35. The maximum atomic E-state index is 11.3. The molecule has 1 aliphatic rings. The number of rotatable bonds is 3. The topological polar surface area (TPSA) is 72.1 Å². The normalized spacial score (nSPS) is 13.8. The first-order chi connectivity index (χ1) is 7.76. The standard InChI is InChI=1S/C8H10ClN5O2/c1-16-8(15)6-7-11-12-14(3-2-9)5-13(7)4-10-6/h4H,2-3,5H2,1H3. The van der Waals surface area contributed by atoms with Crippen molar-refractivity contribution in [3.05, 3.63) is 12.0 Å². The number of nitrogens with zero attached hydrogens (tertiary/aromatic N) is 5. The first kappa shape index (κ1) is 10.9. The van der Waals surface area contributed by atoms with Crippen LogP contribution in [0.15, 0.2) is 16.7 Å². The molecule has 0 saturated carbocycles. The molecule has 1 aliphatic heterocycles. The van der Waals surface area contributed by atoms with E-state index < -0.39 is 5.97 Å². The van der Waals surface area contributed by atoms with E-state index in [1.54, 1.807) is 9.58 Å². The Kier molecular flexibility index (Phi) is 3.04. The molecule has 2 rings (SSSR count). The fourth-order valence-corrected chi connectivity index (χ4v) is 1.54. The maximum Gasteiger partial charge on any atom is 0.360 e. The second-order valence-electron chi connectivity index (χ2n) is 3.13. The van der Waals surface area contributed by atoms with Gasteiger partial charge in [-0.25, -0.2) is 9.78 Å². The molecule has 7 nitrogen and oxygen atoms in total. The molecule has 0 radical (unpaired) electrons. The molecule has 0 unspecified atom stereocenters. The SMILES string of the molecule is COC(=O)c1ncn2c1N=NN(CCCl)C2. The van der Waals surface area contributed by atoms with Gasteiger partial charge in [-0.1, -0.05) is 5.22 Å². The third-order valence-corrected chi connectivity index (χ3v) is 2.28. The van der Waals surface area contributed by atoms with E-state index in [0.29, 0.717) is 24.9 Å². The fraction of sp³-hybridized carbons (Fsp3) is 0.500. The van der Waals surface area contributed by atoms with Gasteiger partial charge in [0.05, 0.1) is 20.0 Å².